The number of hydrogen-bond acceptors (Lipinski definition) is 3. The third kappa shape index (κ3) is 1.87. The number of nitrogens with zero attached hydrogens (tertiary/aromatic N) is 2. The van der Waals surface area contributed by atoms with Crippen LogP contribution in [0.2, 0.25) is 0 Å². The van der Waals surface area contributed by atoms with Gasteiger partial charge in [0.05, 0.1) is 22.2 Å². The number of para-hydroxylation sites is 2. The zero-order chi connectivity index (χ0) is 19.3. The van der Waals surface area contributed by atoms with Crippen molar-refractivity contribution in [1.82, 2.24) is 4.40 Å². The van der Waals surface area contributed by atoms with Gasteiger partial charge in [0.15, 0.2) is 0 Å². The van der Waals surface area contributed by atoms with Crippen LogP contribution in [0.25, 0.3) is 38.1 Å². The maximum Gasteiger partial charge on any atom is 0.124 e. The average Bonchev–Trinajstić information content (AvgIpc) is 3.25. The van der Waals surface area contributed by atoms with Crippen molar-refractivity contribution in [2.24, 2.45) is 0 Å². The van der Waals surface area contributed by atoms with Crippen LogP contribution in [-0.2, 0) is 9.68 Å². The van der Waals surface area contributed by atoms with Crippen LogP contribution in [0.4, 0.5) is 5.69 Å². The Morgan fingerprint density at radius 2 is 1.11 bits per heavy atom. The van der Waals surface area contributed by atoms with Crippen LogP contribution >= 0.6 is 0 Å². The highest BCUT2D eigenvalue weighted by atomic mass is 17.0. The van der Waals surface area contributed by atoms with Gasteiger partial charge in [-0.05, 0) is 52.0 Å². The Bertz CT molecular complexity index is 1280. The minimum Gasteiger partial charge on any atom is -0.308 e. The molecule has 1 aliphatic heterocycles. The van der Waals surface area contributed by atoms with Gasteiger partial charge in [-0.1, -0.05) is 36.4 Å². The van der Waals surface area contributed by atoms with Crippen molar-refractivity contribution < 1.29 is 9.68 Å². The Hall–Kier alpha value is -2.82. The van der Waals surface area contributed by atoms with Crippen molar-refractivity contribution in [3.63, 3.8) is 0 Å². The molecule has 0 radical (unpaired) electrons. The lowest BCUT2D eigenvalue weighted by Crippen LogP contribution is -2.41. The first-order valence-electron chi connectivity index (χ1n) is 9.73. The van der Waals surface area contributed by atoms with Crippen molar-refractivity contribution in [2.45, 2.75) is 38.9 Å². The van der Waals surface area contributed by atoms with Gasteiger partial charge in [0.1, 0.15) is 11.2 Å². The van der Waals surface area contributed by atoms with E-state index in [-0.39, 0.29) is 0 Å². The zero-order valence-corrected chi connectivity index (χ0v) is 16.5. The summed E-state index contributed by atoms with van der Waals surface area (Å²) in [4.78, 5) is 12.4. The summed E-state index contributed by atoms with van der Waals surface area (Å²) < 4.78 is 2.37. The first kappa shape index (κ1) is 16.2. The number of hydrogen-bond donors (Lipinski definition) is 0. The van der Waals surface area contributed by atoms with Gasteiger partial charge in [-0.2, -0.15) is 0 Å². The van der Waals surface area contributed by atoms with E-state index in [0.29, 0.717) is 0 Å². The van der Waals surface area contributed by atoms with Crippen LogP contribution in [0.1, 0.15) is 27.7 Å². The molecular weight excluding hydrogens is 348 g/mol. The second-order valence-corrected chi connectivity index (χ2v) is 8.72. The Morgan fingerprint density at radius 3 is 1.61 bits per heavy atom. The zero-order valence-electron chi connectivity index (χ0n) is 16.5. The van der Waals surface area contributed by atoms with Crippen LogP contribution in [0.15, 0.2) is 60.7 Å². The monoisotopic (exact) mass is 370 g/mol. The van der Waals surface area contributed by atoms with E-state index in [1.54, 1.807) is 5.23 Å². The minimum absolute atomic E-state index is 0.422. The van der Waals surface area contributed by atoms with Gasteiger partial charge in [-0.15, -0.1) is 5.23 Å². The lowest BCUT2D eigenvalue weighted by molar-refractivity contribution is -0.0272. The highest BCUT2D eigenvalue weighted by Gasteiger charge is 2.50. The van der Waals surface area contributed by atoms with Crippen LogP contribution in [0, 0.1) is 0 Å². The Kier molecular flexibility index (Phi) is 2.86. The molecule has 3 heterocycles. The topological polar surface area (TPSA) is 26.1 Å². The summed E-state index contributed by atoms with van der Waals surface area (Å²) in [5.41, 5.74) is 3.78. The average molecular weight is 370 g/mol. The molecule has 0 N–H and O–H groups in total. The third-order valence-electron chi connectivity index (χ3n) is 6.47. The molecule has 0 unspecified atom stereocenters. The summed E-state index contributed by atoms with van der Waals surface area (Å²) >= 11 is 0. The highest BCUT2D eigenvalue weighted by Crippen LogP contribution is 2.45. The molecule has 1 aliphatic rings. The fourth-order valence-electron chi connectivity index (χ4n) is 4.30. The summed E-state index contributed by atoms with van der Waals surface area (Å²) in [6.45, 7) is 8.24. The van der Waals surface area contributed by atoms with E-state index >= 15 is 0 Å². The van der Waals surface area contributed by atoms with Crippen molar-refractivity contribution in [1.29, 1.82) is 0 Å². The van der Waals surface area contributed by atoms with Crippen LogP contribution in [0.3, 0.4) is 0 Å². The Morgan fingerprint density at radius 1 is 0.643 bits per heavy atom. The van der Waals surface area contributed by atoms with E-state index in [2.05, 4.69) is 92.8 Å². The summed E-state index contributed by atoms with van der Waals surface area (Å²) in [7, 11) is 0. The van der Waals surface area contributed by atoms with Gasteiger partial charge in [0.25, 0.3) is 0 Å². The number of aromatic nitrogens is 1. The predicted octanol–water partition coefficient (Wildman–Crippen LogP) is 6.08. The van der Waals surface area contributed by atoms with Gasteiger partial charge in [0.2, 0.25) is 0 Å². The molecule has 1 fully saturated rings. The molecule has 3 aromatic carbocycles. The van der Waals surface area contributed by atoms with Crippen molar-refractivity contribution in [3.05, 3.63) is 60.7 Å². The number of anilines is 1. The summed E-state index contributed by atoms with van der Waals surface area (Å²) in [5, 5.41) is 6.52. The van der Waals surface area contributed by atoms with Crippen LogP contribution in [0.5, 0.6) is 0 Å². The standard InChI is InChI=1S/C24H22N2O2/c1-23(2)24(3,4)28-26(27-23)15-13-18-16-9-5-7-11-20(16)25-21-12-8-6-10-17(21)19(14-15)22(18)25/h5-14H,1-4H3. The molecule has 0 bridgehead atoms. The largest absolute Gasteiger partial charge is 0.308 e. The predicted molar refractivity (Wildman–Crippen MR) is 114 cm³/mol. The quantitative estimate of drug-likeness (QED) is 0.358. The van der Waals surface area contributed by atoms with Gasteiger partial charge in [-0.25, -0.2) is 9.68 Å². The molecular formula is C24H22N2O2. The van der Waals surface area contributed by atoms with E-state index in [0.717, 1.165) is 5.69 Å². The summed E-state index contributed by atoms with van der Waals surface area (Å²) in [5.74, 6) is 0. The van der Waals surface area contributed by atoms with Crippen LogP contribution in [-0.4, -0.2) is 15.6 Å². The number of rotatable bonds is 1. The first-order chi connectivity index (χ1) is 13.4. The van der Waals surface area contributed by atoms with Crippen molar-refractivity contribution >= 4 is 43.8 Å². The normalized spacial score (nSPS) is 18.9. The highest BCUT2D eigenvalue weighted by molar-refractivity contribution is 6.24. The van der Waals surface area contributed by atoms with Crippen molar-refractivity contribution in [3.8, 4) is 0 Å². The fourth-order valence-corrected chi connectivity index (χ4v) is 4.30. The maximum absolute atomic E-state index is 6.20. The Balaban J connectivity index is 1.72. The minimum atomic E-state index is -0.422. The van der Waals surface area contributed by atoms with E-state index < -0.39 is 11.2 Å². The number of benzene rings is 3. The van der Waals surface area contributed by atoms with Gasteiger partial charge < -0.3 is 4.40 Å². The lowest BCUT2D eigenvalue weighted by atomic mass is 9.90. The molecule has 140 valence electrons. The molecule has 28 heavy (non-hydrogen) atoms. The van der Waals surface area contributed by atoms with E-state index in [1.807, 2.05) is 0 Å². The SMILES string of the molecule is CC1(C)ON(c2cc3c4ccccc4n4c5ccccc5c(c2)c34)OC1(C)C. The summed E-state index contributed by atoms with van der Waals surface area (Å²) in [6.07, 6.45) is 0. The van der Waals surface area contributed by atoms with E-state index in [1.165, 1.54) is 38.1 Å². The smallest absolute Gasteiger partial charge is 0.124 e. The summed E-state index contributed by atoms with van der Waals surface area (Å²) in [6, 6.07) is 21.5. The molecule has 1 saturated heterocycles. The second kappa shape index (κ2) is 4.96. The third-order valence-corrected chi connectivity index (χ3v) is 6.47. The van der Waals surface area contributed by atoms with Gasteiger partial charge in [-0.3, -0.25) is 0 Å². The molecule has 0 amide bonds. The maximum atomic E-state index is 6.20. The second-order valence-electron chi connectivity index (χ2n) is 8.72. The molecule has 2 aromatic heterocycles. The molecule has 6 rings (SSSR count). The molecule has 0 atom stereocenters. The van der Waals surface area contributed by atoms with Crippen molar-refractivity contribution in [2.75, 3.05) is 5.23 Å². The fraction of sp³-hybridized carbons (Fsp3) is 0.250. The molecule has 0 spiro atoms. The molecule has 0 saturated carbocycles. The first-order valence-corrected chi connectivity index (χ1v) is 9.73. The molecule has 0 aliphatic carbocycles. The van der Waals surface area contributed by atoms with E-state index in [9.17, 15) is 0 Å². The van der Waals surface area contributed by atoms with Crippen LogP contribution < -0.4 is 5.23 Å². The number of fused-ring (bicyclic) bond motifs is 6. The molecule has 5 aromatic rings. The molecule has 4 heteroatoms. The van der Waals surface area contributed by atoms with Gasteiger partial charge in [0, 0.05) is 21.5 Å². The Labute approximate surface area is 163 Å². The lowest BCUT2D eigenvalue weighted by Gasteiger charge is -2.26. The van der Waals surface area contributed by atoms with Gasteiger partial charge >= 0.3 is 0 Å². The molecule has 4 nitrogen and oxygen atoms in total. The van der Waals surface area contributed by atoms with E-state index in [4.69, 9.17) is 9.68 Å².